The lowest BCUT2D eigenvalue weighted by atomic mass is 10.1. The van der Waals surface area contributed by atoms with Crippen molar-refractivity contribution >= 4 is 28.3 Å². The fourth-order valence-electron chi connectivity index (χ4n) is 1.54. The minimum absolute atomic E-state index is 0.0396. The number of hydrogen-bond donors (Lipinski definition) is 1. The van der Waals surface area contributed by atoms with E-state index in [-0.39, 0.29) is 6.42 Å². The van der Waals surface area contributed by atoms with Gasteiger partial charge in [-0.2, -0.15) is 13.2 Å². The molecule has 1 nitrogen and oxygen atoms in total. The van der Waals surface area contributed by atoms with Gasteiger partial charge in [-0.25, -0.2) is 0 Å². The lowest BCUT2D eigenvalue weighted by Gasteiger charge is -2.14. The van der Waals surface area contributed by atoms with Crippen LogP contribution in [0, 0.1) is 3.57 Å². The van der Waals surface area contributed by atoms with Crippen LogP contribution in [-0.4, -0.2) is 12.2 Å². The van der Waals surface area contributed by atoms with E-state index in [1.165, 1.54) is 0 Å². The molecule has 1 aliphatic heterocycles. The quantitative estimate of drug-likeness (QED) is 0.726. The third-order valence-corrected chi connectivity index (χ3v) is 3.26. The predicted molar refractivity (Wildman–Crippen MR) is 56.3 cm³/mol. The van der Waals surface area contributed by atoms with Gasteiger partial charge in [-0.3, -0.25) is 0 Å². The third kappa shape index (κ3) is 1.69. The summed E-state index contributed by atoms with van der Waals surface area (Å²) >= 11 is 2.06. The molecule has 0 bridgehead atoms. The van der Waals surface area contributed by atoms with Crippen LogP contribution in [0.1, 0.15) is 5.56 Å². The summed E-state index contributed by atoms with van der Waals surface area (Å²) < 4.78 is 38.1. The zero-order chi connectivity index (χ0) is 10.3. The molecule has 0 spiro atoms. The monoisotopic (exact) mass is 313 g/mol. The van der Waals surface area contributed by atoms with E-state index in [4.69, 9.17) is 0 Å². The first-order valence-corrected chi connectivity index (χ1v) is 5.17. The van der Waals surface area contributed by atoms with Gasteiger partial charge in [0.1, 0.15) is 6.04 Å². The molecule has 1 aromatic carbocycles. The van der Waals surface area contributed by atoms with Gasteiger partial charge >= 0.3 is 6.18 Å². The first-order valence-electron chi connectivity index (χ1n) is 4.09. The average Bonchev–Trinajstić information content (AvgIpc) is 2.48. The van der Waals surface area contributed by atoms with Gasteiger partial charge in [0.2, 0.25) is 0 Å². The summed E-state index contributed by atoms with van der Waals surface area (Å²) in [6.07, 6.45) is -4.12. The van der Waals surface area contributed by atoms with Crippen LogP contribution in [0.4, 0.5) is 18.9 Å². The third-order valence-electron chi connectivity index (χ3n) is 2.25. The summed E-state index contributed by atoms with van der Waals surface area (Å²) in [5.41, 5.74) is 1.38. The van der Waals surface area contributed by atoms with Crippen LogP contribution in [-0.2, 0) is 6.42 Å². The van der Waals surface area contributed by atoms with Crippen LogP contribution in [0.25, 0.3) is 0 Å². The van der Waals surface area contributed by atoms with Gasteiger partial charge in [0.15, 0.2) is 0 Å². The Morgan fingerprint density at radius 1 is 1.36 bits per heavy atom. The molecule has 1 atom stereocenters. The summed E-state index contributed by atoms with van der Waals surface area (Å²) in [5, 5.41) is 2.49. The van der Waals surface area contributed by atoms with E-state index in [1.807, 2.05) is 6.07 Å². The molecule has 1 aliphatic rings. The van der Waals surface area contributed by atoms with Crippen LogP contribution in [0.15, 0.2) is 18.2 Å². The molecule has 2 rings (SSSR count). The Morgan fingerprint density at radius 3 is 2.64 bits per heavy atom. The van der Waals surface area contributed by atoms with Crippen molar-refractivity contribution in [2.45, 2.75) is 18.6 Å². The lowest BCUT2D eigenvalue weighted by Crippen LogP contribution is -2.34. The summed E-state index contributed by atoms with van der Waals surface area (Å²) in [4.78, 5) is 0. The van der Waals surface area contributed by atoms with Crippen LogP contribution in [0.2, 0.25) is 0 Å². The molecule has 1 unspecified atom stereocenters. The number of anilines is 1. The molecule has 0 amide bonds. The summed E-state index contributed by atoms with van der Waals surface area (Å²) in [6.45, 7) is 0. The number of benzene rings is 1. The maximum Gasteiger partial charge on any atom is 0.408 e. The number of hydrogen-bond acceptors (Lipinski definition) is 1. The van der Waals surface area contributed by atoms with Gasteiger partial charge in [-0.15, -0.1) is 0 Å². The minimum atomic E-state index is -4.16. The van der Waals surface area contributed by atoms with E-state index in [0.29, 0.717) is 5.69 Å². The molecule has 1 heterocycles. The molecule has 0 aromatic heterocycles. The molecule has 0 saturated heterocycles. The van der Waals surface area contributed by atoms with E-state index in [0.717, 1.165) is 9.13 Å². The number of rotatable bonds is 0. The van der Waals surface area contributed by atoms with E-state index in [2.05, 4.69) is 27.9 Å². The average molecular weight is 313 g/mol. The summed E-state index contributed by atoms with van der Waals surface area (Å²) in [7, 11) is 0. The van der Waals surface area contributed by atoms with Gasteiger partial charge < -0.3 is 5.32 Å². The standard InChI is InChI=1S/C9H7F3IN/c10-9(11,12)8-4-5-6(13)2-1-3-7(5)14-8/h1-3,8,14H,4H2. The van der Waals surface area contributed by atoms with Gasteiger partial charge in [-0.05, 0) is 40.3 Å². The second-order valence-electron chi connectivity index (χ2n) is 3.21. The number of alkyl halides is 3. The molecule has 76 valence electrons. The minimum Gasteiger partial charge on any atom is -0.373 e. The zero-order valence-electron chi connectivity index (χ0n) is 7.03. The maximum absolute atomic E-state index is 12.4. The second kappa shape index (κ2) is 3.29. The topological polar surface area (TPSA) is 12.0 Å². The Bertz CT molecular complexity index is 362. The van der Waals surface area contributed by atoms with Crippen molar-refractivity contribution in [2.75, 3.05) is 5.32 Å². The zero-order valence-corrected chi connectivity index (χ0v) is 9.19. The molecular weight excluding hydrogens is 306 g/mol. The van der Waals surface area contributed by atoms with Crippen molar-refractivity contribution in [3.05, 3.63) is 27.3 Å². The fraction of sp³-hybridized carbons (Fsp3) is 0.333. The van der Waals surface area contributed by atoms with Crippen molar-refractivity contribution in [1.82, 2.24) is 0 Å². The summed E-state index contributed by atoms with van der Waals surface area (Å²) in [5.74, 6) is 0. The summed E-state index contributed by atoms with van der Waals surface area (Å²) in [6, 6.07) is 3.84. The SMILES string of the molecule is FC(F)(F)C1Cc2c(I)cccc2N1. The lowest BCUT2D eigenvalue weighted by molar-refractivity contribution is -0.140. The highest BCUT2D eigenvalue weighted by Gasteiger charge is 2.43. The maximum atomic E-state index is 12.4. The molecule has 14 heavy (non-hydrogen) atoms. The van der Waals surface area contributed by atoms with Crippen molar-refractivity contribution in [2.24, 2.45) is 0 Å². The number of halogens is 4. The smallest absolute Gasteiger partial charge is 0.373 e. The van der Waals surface area contributed by atoms with Crippen LogP contribution in [0.3, 0.4) is 0 Å². The Morgan fingerprint density at radius 2 is 2.07 bits per heavy atom. The van der Waals surface area contributed by atoms with E-state index in [9.17, 15) is 13.2 Å². The van der Waals surface area contributed by atoms with E-state index < -0.39 is 12.2 Å². The van der Waals surface area contributed by atoms with Crippen molar-refractivity contribution in [1.29, 1.82) is 0 Å². The predicted octanol–water partition coefficient (Wildman–Crippen LogP) is 3.19. The molecule has 1 N–H and O–H groups in total. The first-order chi connectivity index (χ1) is 6.48. The molecule has 1 aromatic rings. The molecule has 0 radical (unpaired) electrons. The normalized spacial score (nSPS) is 20.4. The second-order valence-corrected chi connectivity index (χ2v) is 4.37. The molecule has 0 aliphatic carbocycles. The van der Waals surface area contributed by atoms with Gasteiger partial charge in [0, 0.05) is 15.7 Å². The fourth-order valence-corrected chi connectivity index (χ4v) is 2.26. The first kappa shape index (κ1) is 10.1. The van der Waals surface area contributed by atoms with Crippen molar-refractivity contribution in [3.8, 4) is 0 Å². The highest BCUT2D eigenvalue weighted by atomic mass is 127. The molecular formula is C9H7F3IN. The Hall–Kier alpha value is -0.460. The number of nitrogens with one attached hydrogen (secondary N) is 1. The molecule has 5 heteroatoms. The Kier molecular flexibility index (Phi) is 2.36. The van der Waals surface area contributed by atoms with Crippen LogP contribution >= 0.6 is 22.6 Å². The van der Waals surface area contributed by atoms with Crippen LogP contribution < -0.4 is 5.32 Å². The highest BCUT2D eigenvalue weighted by Crippen LogP contribution is 2.36. The largest absolute Gasteiger partial charge is 0.408 e. The molecule has 0 saturated carbocycles. The van der Waals surface area contributed by atoms with Gasteiger partial charge in [0.05, 0.1) is 0 Å². The van der Waals surface area contributed by atoms with Gasteiger partial charge in [0.25, 0.3) is 0 Å². The van der Waals surface area contributed by atoms with E-state index in [1.54, 1.807) is 12.1 Å². The van der Waals surface area contributed by atoms with Crippen molar-refractivity contribution < 1.29 is 13.2 Å². The van der Waals surface area contributed by atoms with E-state index >= 15 is 0 Å². The van der Waals surface area contributed by atoms with Gasteiger partial charge in [-0.1, -0.05) is 6.07 Å². The Labute approximate surface area is 92.8 Å². The number of fused-ring (bicyclic) bond motifs is 1. The Balaban J connectivity index is 2.31. The molecule has 0 fully saturated rings. The van der Waals surface area contributed by atoms with Crippen molar-refractivity contribution in [3.63, 3.8) is 0 Å². The van der Waals surface area contributed by atoms with Crippen LogP contribution in [0.5, 0.6) is 0 Å². The highest BCUT2D eigenvalue weighted by molar-refractivity contribution is 14.1.